The Hall–Kier alpha value is -2.18. The Morgan fingerprint density at radius 3 is 1.66 bits per heavy atom. The van der Waals surface area contributed by atoms with Gasteiger partial charge in [-0.25, -0.2) is 9.59 Å². The Morgan fingerprint density at radius 2 is 1.21 bits per heavy atom. The summed E-state index contributed by atoms with van der Waals surface area (Å²) in [7, 11) is 0. The molecule has 0 rings (SSSR count). The van der Waals surface area contributed by atoms with Crippen LogP contribution in [0.5, 0.6) is 0 Å². The Balaban J connectivity index is 5.34. The van der Waals surface area contributed by atoms with Crippen molar-refractivity contribution in [1.82, 2.24) is 0 Å². The first-order valence-electron chi connectivity index (χ1n) is 12.2. The second kappa shape index (κ2) is 15.4. The van der Waals surface area contributed by atoms with Crippen molar-refractivity contribution in [2.24, 2.45) is 5.92 Å². The van der Waals surface area contributed by atoms with Crippen LogP contribution in [-0.4, -0.2) is 60.6 Å². The molecule has 0 bridgehead atoms. The molecular weight excluding hydrogens is 532 g/mol. The number of esters is 2. The largest absolute Gasteiger partial charge is 0.462 e. The maximum absolute atomic E-state index is 14.3. The Labute approximate surface area is 217 Å². The van der Waals surface area contributed by atoms with Gasteiger partial charge in [0.2, 0.25) is 0 Å². The van der Waals surface area contributed by atoms with Crippen molar-refractivity contribution >= 4 is 11.9 Å². The maximum atomic E-state index is 14.3. The third-order valence-corrected chi connectivity index (χ3v) is 5.74. The number of rotatable bonds is 20. The molecule has 0 heterocycles. The molecule has 0 radical (unpaired) electrons. The molecule has 38 heavy (non-hydrogen) atoms. The molecule has 0 aromatic rings. The van der Waals surface area contributed by atoms with Gasteiger partial charge >= 0.3 is 35.6 Å². The van der Waals surface area contributed by atoms with E-state index < -0.39 is 93.5 Å². The molecule has 0 spiro atoms. The average molecular weight is 569 g/mol. The molecule has 0 saturated carbocycles. The van der Waals surface area contributed by atoms with Gasteiger partial charge in [-0.15, -0.1) is 0 Å². The maximum Gasteiger partial charge on any atom is 0.378 e. The van der Waals surface area contributed by atoms with Gasteiger partial charge in [-0.2, -0.15) is 35.1 Å². The number of aliphatic hydroxyl groups is 1. The number of ether oxygens (including phenoxy) is 2. The van der Waals surface area contributed by atoms with Crippen LogP contribution in [0.4, 0.5) is 35.1 Å². The van der Waals surface area contributed by atoms with E-state index in [0.717, 1.165) is 0 Å². The summed E-state index contributed by atoms with van der Waals surface area (Å²) in [6, 6.07) is 0. The highest BCUT2D eigenvalue weighted by Crippen LogP contribution is 2.55. The van der Waals surface area contributed by atoms with E-state index in [4.69, 9.17) is 14.6 Å². The van der Waals surface area contributed by atoms with E-state index in [-0.39, 0.29) is 17.6 Å². The Morgan fingerprint density at radius 1 is 0.763 bits per heavy atom. The SMILES string of the molecule is C=C(C)C(=O)OCC(CCCC(F)(F)C(F)(F)C(F)(F)C(F)(F)CCCCCCC)COC(=O)C(=C)CO. The average Bonchev–Trinajstić information content (AvgIpc) is 2.83. The van der Waals surface area contributed by atoms with Crippen molar-refractivity contribution in [3.05, 3.63) is 24.3 Å². The molecule has 13 heteroatoms. The van der Waals surface area contributed by atoms with E-state index in [1.807, 2.05) is 6.92 Å². The second-order valence-electron chi connectivity index (χ2n) is 9.22. The number of alkyl halides is 8. The summed E-state index contributed by atoms with van der Waals surface area (Å²) < 4.78 is 123. The van der Waals surface area contributed by atoms with Gasteiger partial charge in [0.1, 0.15) is 0 Å². The minimum Gasteiger partial charge on any atom is -0.462 e. The molecule has 0 aromatic heterocycles. The van der Waals surface area contributed by atoms with E-state index in [1.54, 1.807) is 0 Å². The smallest absolute Gasteiger partial charge is 0.378 e. The zero-order valence-electron chi connectivity index (χ0n) is 21.6. The summed E-state index contributed by atoms with van der Waals surface area (Å²) in [6.45, 7) is 7.75. The lowest BCUT2D eigenvalue weighted by molar-refractivity contribution is -0.368. The standard InChI is InChI=1S/C25H36F8O5/c1-5-6-7-8-9-12-22(26,27)24(30,31)25(32,33)23(28,29)13-10-11-19(15-37-20(35)17(2)3)16-38-21(36)18(4)14-34/h19,34H,2,4-16H2,1,3H3. The van der Waals surface area contributed by atoms with Gasteiger partial charge in [0.25, 0.3) is 0 Å². The van der Waals surface area contributed by atoms with Gasteiger partial charge in [0, 0.05) is 24.3 Å². The lowest BCUT2D eigenvalue weighted by atomic mass is 9.91. The number of unbranched alkanes of at least 4 members (excludes halogenated alkanes) is 4. The number of carbonyl (C=O) groups excluding carboxylic acids is 2. The number of halogens is 8. The molecule has 1 unspecified atom stereocenters. The molecule has 0 amide bonds. The minimum atomic E-state index is -6.36. The van der Waals surface area contributed by atoms with Crippen molar-refractivity contribution in [1.29, 1.82) is 0 Å². The topological polar surface area (TPSA) is 72.8 Å². The summed E-state index contributed by atoms with van der Waals surface area (Å²) in [6.07, 6.45) is -3.67. The quantitative estimate of drug-likeness (QED) is 0.0750. The number of hydrogen-bond donors (Lipinski definition) is 1. The van der Waals surface area contributed by atoms with Crippen LogP contribution < -0.4 is 0 Å². The van der Waals surface area contributed by atoms with Gasteiger partial charge in [0.05, 0.1) is 25.4 Å². The number of aliphatic hydroxyl groups excluding tert-OH is 1. The molecule has 1 N–H and O–H groups in total. The Kier molecular flexibility index (Phi) is 14.5. The highest BCUT2D eigenvalue weighted by Gasteiger charge is 2.79. The van der Waals surface area contributed by atoms with Crippen molar-refractivity contribution < 1.29 is 59.3 Å². The molecule has 0 aromatic carbocycles. The minimum absolute atomic E-state index is 0.0332. The van der Waals surface area contributed by atoms with Crippen LogP contribution in [0.3, 0.4) is 0 Å². The first-order valence-corrected chi connectivity index (χ1v) is 12.2. The monoisotopic (exact) mass is 568 g/mol. The van der Waals surface area contributed by atoms with E-state index in [0.29, 0.717) is 19.3 Å². The molecule has 0 saturated heterocycles. The lowest BCUT2D eigenvalue weighted by Crippen LogP contribution is -2.62. The highest BCUT2D eigenvalue weighted by atomic mass is 19.4. The first-order chi connectivity index (χ1) is 17.4. The van der Waals surface area contributed by atoms with E-state index in [9.17, 15) is 44.7 Å². The summed E-state index contributed by atoms with van der Waals surface area (Å²) in [5.41, 5.74) is -0.392. The summed E-state index contributed by atoms with van der Waals surface area (Å²) in [5.74, 6) is -26.6. The summed E-state index contributed by atoms with van der Waals surface area (Å²) in [5, 5.41) is 8.87. The molecule has 1 atom stereocenters. The van der Waals surface area contributed by atoms with Gasteiger partial charge in [-0.3, -0.25) is 0 Å². The van der Waals surface area contributed by atoms with Gasteiger partial charge in [0.15, 0.2) is 0 Å². The van der Waals surface area contributed by atoms with Crippen LogP contribution in [0.2, 0.25) is 0 Å². The van der Waals surface area contributed by atoms with E-state index >= 15 is 0 Å². The molecule has 222 valence electrons. The van der Waals surface area contributed by atoms with Crippen molar-refractivity contribution in [2.75, 3.05) is 19.8 Å². The van der Waals surface area contributed by atoms with Crippen molar-refractivity contribution in [3.8, 4) is 0 Å². The fraction of sp³-hybridized carbons (Fsp3) is 0.760. The van der Waals surface area contributed by atoms with Crippen LogP contribution in [0.25, 0.3) is 0 Å². The highest BCUT2D eigenvalue weighted by molar-refractivity contribution is 5.88. The van der Waals surface area contributed by atoms with Gasteiger partial charge < -0.3 is 14.6 Å². The summed E-state index contributed by atoms with van der Waals surface area (Å²) >= 11 is 0. The lowest BCUT2D eigenvalue weighted by Gasteiger charge is -2.37. The van der Waals surface area contributed by atoms with Crippen LogP contribution in [-0.2, 0) is 19.1 Å². The zero-order chi connectivity index (χ0) is 29.8. The van der Waals surface area contributed by atoms with E-state index in [2.05, 4.69) is 13.2 Å². The van der Waals surface area contributed by atoms with Gasteiger partial charge in [-0.05, 0) is 26.2 Å². The van der Waals surface area contributed by atoms with Crippen LogP contribution in [0.15, 0.2) is 24.3 Å². The normalized spacial score (nSPS) is 13.7. The molecule has 0 aliphatic carbocycles. The molecule has 0 aliphatic heterocycles. The summed E-state index contributed by atoms with van der Waals surface area (Å²) in [4.78, 5) is 23.2. The predicted octanol–water partition coefficient (Wildman–Crippen LogP) is 6.89. The number of hydrogen-bond acceptors (Lipinski definition) is 5. The van der Waals surface area contributed by atoms with Gasteiger partial charge in [-0.1, -0.05) is 45.8 Å². The third kappa shape index (κ3) is 10.2. The first kappa shape index (κ1) is 35.8. The molecule has 0 fully saturated rings. The third-order valence-electron chi connectivity index (χ3n) is 5.74. The van der Waals surface area contributed by atoms with Crippen LogP contribution >= 0.6 is 0 Å². The molecule has 0 aliphatic rings. The van der Waals surface area contributed by atoms with E-state index in [1.165, 1.54) is 6.92 Å². The van der Waals surface area contributed by atoms with Crippen LogP contribution in [0.1, 0.15) is 71.6 Å². The predicted molar refractivity (Wildman–Crippen MR) is 123 cm³/mol. The van der Waals surface area contributed by atoms with Crippen molar-refractivity contribution in [2.45, 2.75) is 95.3 Å². The zero-order valence-corrected chi connectivity index (χ0v) is 21.6. The fourth-order valence-electron chi connectivity index (χ4n) is 3.23. The molecular formula is C25H36F8O5. The van der Waals surface area contributed by atoms with Crippen LogP contribution in [0, 0.1) is 5.92 Å². The second-order valence-corrected chi connectivity index (χ2v) is 9.22. The number of carbonyl (C=O) groups is 2. The molecule has 5 nitrogen and oxygen atoms in total. The fourth-order valence-corrected chi connectivity index (χ4v) is 3.23. The van der Waals surface area contributed by atoms with Crippen molar-refractivity contribution in [3.63, 3.8) is 0 Å². The Bertz CT molecular complexity index is 799.